The van der Waals surface area contributed by atoms with Gasteiger partial charge in [-0.2, -0.15) is 4.31 Å². The lowest BCUT2D eigenvalue weighted by Crippen LogP contribution is -2.48. The van der Waals surface area contributed by atoms with Crippen LogP contribution in [0.25, 0.3) is 0 Å². The normalized spacial score (nSPS) is 18.1. The molecule has 1 aliphatic heterocycles. The van der Waals surface area contributed by atoms with Crippen molar-refractivity contribution in [2.24, 2.45) is 0 Å². The highest BCUT2D eigenvalue weighted by atomic mass is 35.5. The summed E-state index contributed by atoms with van der Waals surface area (Å²) in [4.78, 5) is 2.26. The topological polar surface area (TPSA) is 40.6 Å². The largest absolute Gasteiger partial charge is 0.297 e. The van der Waals surface area contributed by atoms with Crippen molar-refractivity contribution >= 4 is 33.0 Å². The zero-order valence-corrected chi connectivity index (χ0v) is 14.1. The monoisotopic (exact) mass is 334 g/mol. The van der Waals surface area contributed by atoms with E-state index in [0.29, 0.717) is 21.6 Å². The number of hydrogen-bond acceptors (Lipinski definition) is 4. The van der Waals surface area contributed by atoms with Gasteiger partial charge in [-0.15, -0.1) is 11.3 Å². The van der Waals surface area contributed by atoms with Crippen molar-refractivity contribution in [3.8, 4) is 0 Å². The minimum Gasteiger partial charge on any atom is -0.297 e. The van der Waals surface area contributed by atoms with E-state index in [0.717, 1.165) is 31.0 Å². The Labute approximate surface area is 129 Å². The highest BCUT2D eigenvalue weighted by Gasteiger charge is 2.29. The molecule has 0 radical (unpaired) electrons. The summed E-state index contributed by atoms with van der Waals surface area (Å²) in [5.41, 5.74) is 1.29. The molecule has 1 aromatic heterocycles. The van der Waals surface area contributed by atoms with Gasteiger partial charge in [-0.05, 0) is 26.0 Å². The van der Waals surface area contributed by atoms with Crippen LogP contribution in [0.5, 0.6) is 0 Å². The Morgan fingerprint density at radius 1 is 1.30 bits per heavy atom. The fourth-order valence-electron chi connectivity index (χ4n) is 2.03. The molecule has 1 aromatic rings. The highest BCUT2D eigenvalue weighted by molar-refractivity contribution is 7.91. The number of piperazine rings is 1. The summed E-state index contributed by atoms with van der Waals surface area (Å²) in [7, 11) is -3.37. The van der Waals surface area contributed by atoms with E-state index in [2.05, 4.69) is 24.8 Å². The fraction of sp³-hybridized carbons (Fsp3) is 0.538. The van der Waals surface area contributed by atoms with Crippen LogP contribution >= 0.6 is 22.9 Å². The Balaban J connectivity index is 1.98. The number of allylic oxidation sites excluding steroid dienone is 1. The SMILES string of the molecule is CC(C)=CCN1CCN(S(=O)(=O)c2ccc(Cl)s2)CC1. The minimum atomic E-state index is -3.37. The van der Waals surface area contributed by atoms with Gasteiger partial charge in [-0.1, -0.05) is 23.3 Å². The third kappa shape index (κ3) is 3.83. The summed E-state index contributed by atoms with van der Waals surface area (Å²) in [5.74, 6) is 0. The van der Waals surface area contributed by atoms with E-state index in [1.165, 1.54) is 5.57 Å². The molecule has 112 valence electrons. The molecule has 0 unspecified atom stereocenters. The van der Waals surface area contributed by atoms with E-state index in [9.17, 15) is 8.42 Å². The van der Waals surface area contributed by atoms with Gasteiger partial charge >= 0.3 is 0 Å². The molecule has 2 heterocycles. The van der Waals surface area contributed by atoms with Gasteiger partial charge in [-0.3, -0.25) is 4.90 Å². The molecule has 0 bridgehead atoms. The van der Waals surface area contributed by atoms with E-state index < -0.39 is 10.0 Å². The van der Waals surface area contributed by atoms with Crippen molar-refractivity contribution in [1.82, 2.24) is 9.21 Å². The van der Waals surface area contributed by atoms with Gasteiger partial charge < -0.3 is 0 Å². The smallest absolute Gasteiger partial charge is 0.252 e. The van der Waals surface area contributed by atoms with Crippen LogP contribution in [0.2, 0.25) is 4.34 Å². The first-order chi connectivity index (χ1) is 9.39. The first kappa shape index (κ1) is 16.0. The summed E-state index contributed by atoms with van der Waals surface area (Å²) < 4.78 is 27.2. The van der Waals surface area contributed by atoms with Crippen molar-refractivity contribution in [3.05, 3.63) is 28.1 Å². The van der Waals surface area contributed by atoms with Gasteiger partial charge in [0.25, 0.3) is 10.0 Å². The second-order valence-electron chi connectivity index (χ2n) is 5.04. The maximum atomic E-state index is 12.4. The van der Waals surface area contributed by atoms with Gasteiger partial charge in [0.2, 0.25) is 0 Å². The van der Waals surface area contributed by atoms with E-state index in [4.69, 9.17) is 11.6 Å². The first-order valence-electron chi connectivity index (χ1n) is 6.51. The molecule has 1 saturated heterocycles. The summed E-state index contributed by atoms with van der Waals surface area (Å²) in [5, 5.41) is 0. The van der Waals surface area contributed by atoms with E-state index in [1.807, 2.05) is 0 Å². The second kappa shape index (κ2) is 6.58. The molecule has 7 heteroatoms. The molecule has 1 fully saturated rings. The molecule has 4 nitrogen and oxygen atoms in total. The molecule has 20 heavy (non-hydrogen) atoms. The zero-order chi connectivity index (χ0) is 14.8. The van der Waals surface area contributed by atoms with E-state index in [-0.39, 0.29) is 0 Å². The van der Waals surface area contributed by atoms with Gasteiger partial charge in [0.05, 0.1) is 4.34 Å². The van der Waals surface area contributed by atoms with Crippen molar-refractivity contribution in [3.63, 3.8) is 0 Å². The number of nitrogens with zero attached hydrogens (tertiary/aromatic N) is 2. The van der Waals surface area contributed by atoms with E-state index in [1.54, 1.807) is 16.4 Å². The van der Waals surface area contributed by atoms with Gasteiger partial charge in [0, 0.05) is 32.7 Å². The molecule has 0 saturated carbocycles. The molecular formula is C13H19ClN2O2S2. The van der Waals surface area contributed by atoms with Crippen molar-refractivity contribution in [2.45, 2.75) is 18.1 Å². The number of halogens is 1. The van der Waals surface area contributed by atoms with Crippen LogP contribution in [0.3, 0.4) is 0 Å². The number of rotatable bonds is 4. The lowest BCUT2D eigenvalue weighted by molar-refractivity contribution is 0.204. The van der Waals surface area contributed by atoms with Crippen molar-refractivity contribution in [2.75, 3.05) is 32.7 Å². The lowest BCUT2D eigenvalue weighted by Gasteiger charge is -2.33. The Bertz CT molecular complexity index is 583. The van der Waals surface area contributed by atoms with Crippen LogP contribution in [0.1, 0.15) is 13.8 Å². The number of thiophene rings is 1. The van der Waals surface area contributed by atoms with Crippen LogP contribution in [-0.2, 0) is 10.0 Å². The molecule has 0 N–H and O–H groups in total. The maximum Gasteiger partial charge on any atom is 0.252 e. The predicted octanol–water partition coefficient (Wildman–Crippen LogP) is 2.67. The summed E-state index contributed by atoms with van der Waals surface area (Å²) in [6.45, 7) is 7.64. The summed E-state index contributed by atoms with van der Waals surface area (Å²) >= 11 is 6.94. The van der Waals surface area contributed by atoms with Crippen molar-refractivity contribution in [1.29, 1.82) is 0 Å². The Kier molecular flexibility index (Phi) is 5.25. The Hall–Kier alpha value is -0.400. The molecule has 0 spiro atoms. The molecule has 0 aliphatic carbocycles. The van der Waals surface area contributed by atoms with Crippen molar-refractivity contribution < 1.29 is 8.42 Å². The Morgan fingerprint density at radius 2 is 1.95 bits per heavy atom. The van der Waals surface area contributed by atoms with Crippen LogP contribution in [0.4, 0.5) is 0 Å². The zero-order valence-electron chi connectivity index (χ0n) is 11.7. The third-order valence-electron chi connectivity index (χ3n) is 3.23. The van der Waals surface area contributed by atoms with Crippen LogP contribution in [0.15, 0.2) is 28.0 Å². The average molecular weight is 335 g/mol. The maximum absolute atomic E-state index is 12.4. The number of sulfonamides is 1. The molecule has 0 atom stereocenters. The van der Waals surface area contributed by atoms with Gasteiger partial charge in [0.15, 0.2) is 0 Å². The van der Waals surface area contributed by atoms with Gasteiger partial charge in [0.1, 0.15) is 4.21 Å². The molecular weight excluding hydrogens is 316 g/mol. The molecule has 1 aliphatic rings. The highest BCUT2D eigenvalue weighted by Crippen LogP contribution is 2.28. The van der Waals surface area contributed by atoms with Crippen LogP contribution < -0.4 is 0 Å². The molecule has 0 aromatic carbocycles. The molecule has 2 rings (SSSR count). The standard InChI is InChI=1S/C13H19ClN2O2S2/c1-11(2)5-6-15-7-9-16(10-8-15)20(17,18)13-4-3-12(14)19-13/h3-5H,6-10H2,1-2H3. The summed E-state index contributed by atoms with van der Waals surface area (Å²) in [6, 6.07) is 3.21. The minimum absolute atomic E-state index is 0.334. The third-order valence-corrected chi connectivity index (χ3v) is 6.83. The van der Waals surface area contributed by atoms with Crippen LogP contribution in [0, 0.1) is 0 Å². The average Bonchev–Trinajstić information content (AvgIpc) is 2.84. The molecule has 0 amide bonds. The van der Waals surface area contributed by atoms with Gasteiger partial charge in [-0.25, -0.2) is 8.42 Å². The van der Waals surface area contributed by atoms with E-state index >= 15 is 0 Å². The lowest BCUT2D eigenvalue weighted by atomic mass is 10.3. The number of hydrogen-bond donors (Lipinski definition) is 0. The predicted molar refractivity (Wildman–Crippen MR) is 84.0 cm³/mol. The summed E-state index contributed by atoms with van der Waals surface area (Å²) in [6.07, 6.45) is 2.17. The van der Waals surface area contributed by atoms with Crippen LogP contribution in [-0.4, -0.2) is 50.3 Å². The fourth-order valence-corrected chi connectivity index (χ4v) is 5.09. The quantitative estimate of drug-likeness (QED) is 0.795. The Morgan fingerprint density at radius 3 is 2.45 bits per heavy atom. The first-order valence-corrected chi connectivity index (χ1v) is 9.14. The second-order valence-corrected chi connectivity index (χ2v) is 8.92.